The van der Waals surface area contributed by atoms with Gasteiger partial charge in [-0.3, -0.25) is 0 Å². The molecule has 3 saturated heterocycles. The molecule has 0 aromatic carbocycles. The summed E-state index contributed by atoms with van der Waals surface area (Å²) in [6.45, 7) is 2.62. The van der Waals surface area contributed by atoms with Crippen LogP contribution in [0.1, 0.15) is 51.4 Å². The smallest absolute Gasteiger partial charge is 0.192 e. The van der Waals surface area contributed by atoms with Crippen LogP contribution in [0.3, 0.4) is 0 Å². The van der Waals surface area contributed by atoms with Gasteiger partial charge in [0.15, 0.2) is 11.6 Å². The molecule has 0 amide bonds. The SMILES string of the molecule is C1CCOC2(CC1)COC1(CCCCCO1)CO2. The summed E-state index contributed by atoms with van der Waals surface area (Å²) in [7, 11) is 0. The summed E-state index contributed by atoms with van der Waals surface area (Å²) >= 11 is 0. The van der Waals surface area contributed by atoms with E-state index in [1.807, 2.05) is 0 Å². The fourth-order valence-electron chi connectivity index (χ4n) is 3.03. The van der Waals surface area contributed by atoms with E-state index < -0.39 is 11.6 Å². The minimum atomic E-state index is -0.489. The second kappa shape index (κ2) is 5.45. The molecule has 104 valence electrons. The van der Waals surface area contributed by atoms with E-state index in [2.05, 4.69) is 0 Å². The highest BCUT2D eigenvalue weighted by molar-refractivity contribution is 4.83. The van der Waals surface area contributed by atoms with Crippen molar-refractivity contribution in [2.45, 2.75) is 62.9 Å². The van der Waals surface area contributed by atoms with Gasteiger partial charge < -0.3 is 18.9 Å². The molecule has 3 fully saturated rings. The first-order valence-electron chi connectivity index (χ1n) is 7.39. The summed E-state index contributed by atoms with van der Waals surface area (Å²) in [5.74, 6) is -0.977. The van der Waals surface area contributed by atoms with Crippen LogP contribution < -0.4 is 0 Å². The van der Waals surface area contributed by atoms with Gasteiger partial charge in [-0.2, -0.15) is 0 Å². The van der Waals surface area contributed by atoms with Crippen LogP contribution in [-0.4, -0.2) is 38.0 Å². The molecule has 0 saturated carbocycles. The molecule has 4 heteroatoms. The highest BCUT2D eigenvalue weighted by Crippen LogP contribution is 2.36. The Kier molecular flexibility index (Phi) is 3.89. The third-order valence-electron chi connectivity index (χ3n) is 4.24. The molecule has 3 aliphatic rings. The Hall–Kier alpha value is -0.160. The molecule has 0 N–H and O–H groups in total. The Morgan fingerprint density at radius 3 is 1.44 bits per heavy atom. The lowest BCUT2D eigenvalue weighted by Gasteiger charge is -2.45. The van der Waals surface area contributed by atoms with Gasteiger partial charge in [-0.15, -0.1) is 0 Å². The topological polar surface area (TPSA) is 36.9 Å². The molecule has 3 aliphatic heterocycles. The molecule has 3 rings (SSSR count). The van der Waals surface area contributed by atoms with Gasteiger partial charge in [0, 0.05) is 12.8 Å². The summed E-state index contributed by atoms with van der Waals surface area (Å²) in [4.78, 5) is 0. The van der Waals surface area contributed by atoms with Crippen molar-refractivity contribution in [2.75, 3.05) is 26.4 Å². The maximum atomic E-state index is 6.06. The van der Waals surface area contributed by atoms with Crippen LogP contribution in [0, 0.1) is 0 Å². The Balaban J connectivity index is 1.62. The second-order valence-electron chi connectivity index (χ2n) is 5.72. The third-order valence-corrected chi connectivity index (χ3v) is 4.24. The second-order valence-corrected chi connectivity index (χ2v) is 5.72. The van der Waals surface area contributed by atoms with Crippen molar-refractivity contribution in [1.82, 2.24) is 0 Å². The van der Waals surface area contributed by atoms with Crippen LogP contribution in [0.15, 0.2) is 0 Å². The zero-order valence-electron chi connectivity index (χ0n) is 11.1. The van der Waals surface area contributed by atoms with Crippen LogP contribution >= 0.6 is 0 Å². The zero-order valence-corrected chi connectivity index (χ0v) is 11.1. The molecule has 4 nitrogen and oxygen atoms in total. The molecule has 2 unspecified atom stereocenters. The summed E-state index contributed by atoms with van der Waals surface area (Å²) in [5.41, 5.74) is 0. The molecule has 0 aromatic heterocycles. The largest absolute Gasteiger partial charge is 0.348 e. The molecule has 0 aliphatic carbocycles. The molecule has 3 heterocycles. The van der Waals surface area contributed by atoms with E-state index in [4.69, 9.17) is 18.9 Å². The van der Waals surface area contributed by atoms with E-state index in [1.165, 1.54) is 12.8 Å². The monoisotopic (exact) mass is 256 g/mol. The minimum Gasteiger partial charge on any atom is -0.348 e. The molecule has 0 bridgehead atoms. The lowest BCUT2D eigenvalue weighted by Crippen LogP contribution is -2.55. The Morgan fingerprint density at radius 2 is 1.00 bits per heavy atom. The Morgan fingerprint density at radius 1 is 0.500 bits per heavy atom. The molecular formula is C14H24O4. The van der Waals surface area contributed by atoms with Crippen molar-refractivity contribution in [3.63, 3.8) is 0 Å². The predicted molar refractivity (Wildman–Crippen MR) is 66.2 cm³/mol. The highest BCUT2D eigenvalue weighted by atomic mass is 16.8. The maximum Gasteiger partial charge on any atom is 0.192 e. The molecule has 0 radical (unpaired) electrons. The van der Waals surface area contributed by atoms with Gasteiger partial charge in [0.25, 0.3) is 0 Å². The number of ether oxygens (including phenoxy) is 4. The molecule has 2 spiro atoms. The van der Waals surface area contributed by atoms with Crippen molar-refractivity contribution >= 4 is 0 Å². The van der Waals surface area contributed by atoms with Gasteiger partial charge in [0.2, 0.25) is 0 Å². The average Bonchev–Trinajstić information content (AvgIpc) is 2.76. The minimum absolute atomic E-state index is 0.489. The highest BCUT2D eigenvalue weighted by Gasteiger charge is 2.46. The zero-order chi connectivity index (χ0) is 12.3. The fraction of sp³-hybridized carbons (Fsp3) is 1.00. The first kappa shape index (κ1) is 12.9. The van der Waals surface area contributed by atoms with Crippen LogP contribution in [-0.2, 0) is 18.9 Å². The maximum absolute atomic E-state index is 6.06. The van der Waals surface area contributed by atoms with Gasteiger partial charge in [-0.1, -0.05) is 12.8 Å². The van der Waals surface area contributed by atoms with Gasteiger partial charge in [0.1, 0.15) is 13.2 Å². The van der Waals surface area contributed by atoms with Crippen LogP contribution in [0.5, 0.6) is 0 Å². The first-order valence-corrected chi connectivity index (χ1v) is 7.39. The standard InChI is InChI=1S/C14H24O4/c1-3-7-13(15-9-5-1)11-18-14(12-17-13)8-4-2-6-10-16-14/h1-12H2. The predicted octanol–water partition coefficient (Wildman–Crippen LogP) is 2.61. The fourth-order valence-corrected chi connectivity index (χ4v) is 3.03. The van der Waals surface area contributed by atoms with E-state index in [0.717, 1.165) is 51.7 Å². The van der Waals surface area contributed by atoms with Gasteiger partial charge in [-0.25, -0.2) is 0 Å². The number of hydrogen-bond donors (Lipinski definition) is 0. The molecule has 0 aromatic rings. The van der Waals surface area contributed by atoms with E-state index in [1.54, 1.807) is 0 Å². The van der Waals surface area contributed by atoms with Crippen LogP contribution in [0.25, 0.3) is 0 Å². The average molecular weight is 256 g/mol. The van der Waals surface area contributed by atoms with Gasteiger partial charge >= 0.3 is 0 Å². The van der Waals surface area contributed by atoms with Crippen molar-refractivity contribution in [3.05, 3.63) is 0 Å². The van der Waals surface area contributed by atoms with Crippen molar-refractivity contribution in [1.29, 1.82) is 0 Å². The van der Waals surface area contributed by atoms with Crippen molar-refractivity contribution in [3.8, 4) is 0 Å². The quantitative estimate of drug-likeness (QED) is 0.667. The lowest BCUT2D eigenvalue weighted by atomic mass is 10.1. The van der Waals surface area contributed by atoms with Crippen LogP contribution in [0.4, 0.5) is 0 Å². The lowest BCUT2D eigenvalue weighted by molar-refractivity contribution is -0.385. The van der Waals surface area contributed by atoms with Gasteiger partial charge in [-0.05, 0) is 25.7 Å². The van der Waals surface area contributed by atoms with Gasteiger partial charge in [0.05, 0.1) is 13.2 Å². The van der Waals surface area contributed by atoms with E-state index in [-0.39, 0.29) is 0 Å². The first-order chi connectivity index (χ1) is 8.83. The number of rotatable bonds is 0. The molecule has 2 atom stereocenters. The molecular weight excluding hydrogens is 232 g/mol. The molecule has 18 heavy (non-hydrogen) atoms. The van der Waals surface area contributed by atoms with E-state index in [9.17, 15) is 0 Å². The Labute approximate surface area is 109 Å². The summed E-state index contributed by atoms with van der Waals surface area (Å²) in [6, 6.07) is 0. The summed E-state index contributed by atoms with van der Waals surface area (Å²) in [5, 5.41) is 0. The summed E-state index contributed by atoms with van der Waals surface area (Å²) in [6.07, 6.45) is 8.94. The summed E-state index contributed by atoms with van der Waals surface area (Å²) < 4.78 is 23.9. The number of hydrogen-bond acceptors (Lipinski definition) is 4. The Bertz CT molecular complexity index is 223. The van der Waals surface area contributed by atoms with Crippen LogP contribution in [0.2, 0.25) is 0 Å². The van der Waals surface area contributed by atoms with E-state index in [0.29, 0.717) is 13.2 Å². The normalized spacial score (nSPS) is 42.7. The van der Waals surface area contributed by atoms with Crippen molar-refractivity contribution in [2.24, 2.45) is 0 Å². The third kappa shape index (κ3) is 2.72. The van der Waals surface area contributed by atoms with Crippen molar-refractivity contribution < 1.29 is 18.9 Å². The van der Waals surface area contributed by atoms with E-state index >= 15 is 0 Å².